The summed E-state index contributed by atoms with van der Waals surface area (Å²) in [6, 6.07) is 1.46. The molecule has 8 heteroatoms. The van der Waals surface area contributed by atoms with Crippen LogP contribution in [0.1, 0.15) is 22.5 Å². The van der Waals surface area contributed by atoms with Gasteiger partial charge in [-0.1, -0.05) is 0 Å². The molecule has 0 N–H and O–H groups in total. The number of hydrogen-bond donors (Lipinski definition) is 0. The number of rotatable bonds is 5. The molecule has 118 valence electrons. The summed E-state index contributed by atoms with van der Waals surface area (Å²) in [5.41, 5.74) is 0. The normalized spacial score (nSPS) is 20.4. The predicted octanol–water partition coefficient (Wildman–Crippen LogP) is 1.58. The molecule has 2 heterocycles. The van der Waals surface area contributed by atoms with Crippen LogP contribution >= 0.6 is 11.3 Å². The van der Waals surface area contributed by atoms with Crippen molar-refractivity contribution in [2.75, 3.05) is 33.9 Å². The summed E-state index contributed by atoms with van der Waals surface area (Å²) >= 11 is 1.08. The zero-order valence-corrected chi connectivity index (χ0v) is 13.7. The Kier molecular flexibility index (Phi) is 5.37. The molecule has 1 aliphatic rings. The van der Waals surface area contributed by atoms with Crippen LogP contribution in [0.3, 0.4) is 0 Å². The van der Waals surface area contributed by atoms with E-state index in [4.69, 9.17) is 4.74 Å². The first-order chi connectivity index (χ1) is 10.0. The van der Waals surface area contributed by atoms with Crippen LogP contribution in [0.2, 0.25) is 0 Å². The minimum atomic E-state index is -3.67. The molecule has 0 spiro atoms. The average Bonchev–Trinajstić information content (AvgIpc) is 2.97. The van der Waals surface area contributed by atoms with E-state index in [2.05, 4.69) is 4.74 Å². The Labute approximate surface area is 128 Å². The molecule has 0 aromatic carbocycles. The molecule has 6 nitrogen and oxygen atoms in total. The highest BCUT2D eigenvalue weighted by Gasteiger charge is 2.33. The van der Waals surface area contributed by atoms with Crippen molar-refractivity contribution < 1.29 is 22.7 Å². The Morgan fingerprint density at radius 3 is 2.90 bits per heavy atom. The number of esters is 1. The molecule has 2 rings (SSSR count). The Hall–Kier alpha value is -0.960. The molecular formula is C13H19NO5S2. The quantitative estimate of drug-likeness (QED) is 0.765. The number of sulfonamides is 1. The molecule has 1 aromatic heterocycles. The Morgan fingerprint density at radius 1 is 1.48 bits per heavy atom. The van der Waals surface area contributed by atoms with Gasteiger partial charge in [0.25, 0.3) is 0 Å². The lowest BCUT2D eigenvalue weighted by molar-refractivity contribution is 0.0602. The Balaban J connectivity index is 2.26. The van der Waals surface area contributed by atoms with Crippen molar-refractivity contribution in [1.82, 2.24) is 4.31 Å². The van der Waals surface area contributed by atoms with E-state index in [-0.39, 0.29) is 15.7 Å². The maximum Gasteiger partial charge on any atom is 0.349 e. The van der Waals surface area contributed by atoms with Crippen LogP contribution in [0, 0.1) is 5.92 Å². The Morgan fingerprint density at radius 2 is 2.24 bits per heavy atom. The van der Waals surface area contributed by atoms with Crippen molar-refractivity contribution >= 4 is 27.3 Å². The first kappa shape index (κ1) is 16.4. The van der Waals surface area contributed by atoms with E-state index < -0.39 is 16.0 Å². The first-order valence-corrected chi connectivity index (χ1v) is 8.97. The summed E-state index contributed by atoms with van der Waals surface area (Å²) < 4.78 is 36.7. The minimum absolute atomic E-state index is 0.0393. The number of methoxy groups -OCH3 is 2. The summed E-state index contributed by atoms with van der Waals surface area (Å²) in [6.07, 6.45) is 1.75. The zero-order valence-electron chi connectivity index (χ0n) is 12.1. The van der Waals surface area contributed by atoms with Crippen LogP contribution in [-0.4, -0.2) is 52.6 Å². The van der Waals surface area contributed by atoms with E-state index in [9.17, 15) is 13.2 Å². The van der Waals surface area contributed by atoms with Crippen LogP contribution in [0.5, 0.6) is 0 Å². The van der Waals surface area contributed by atoms with Crippen molar-refractivity contribution in [3.63, 3.8) is 0 Å². The predicted molar refractivity (Wildman–Crippen MR) is 79.0 cm³/mol. The second-order valence-electron chi connectivity index (χ2n) is 4.93. The van der Waals surface area contributed by atoms with Gasteiger partial charge in [-0.2, -0.15) is 4.31 Å². The monoisotopic (exact) mass is 333 g/mol. The number of piperidine rings is 1. The van der Waals surface area contributed by atoms with Crippen molar-refractivity contribution in [3.05, 3.63) is 16.3 Å². The molecular weight excluding hydrogens is 314 g/mol. The van der Waals surface area contributed by atoms with Crippen LogP contribution in [0.15, 0.2) is 16.3 Å². The van der Waals surface area contributed by atoms with Crippen LogP contribution in [-0.2, 0) is 19.5 Å². The van der Waals surface area contributed by atoms with E-state index in [1.165, 1.54) is 17.5 Å². The summed E-state index contributed by atoms with van der Waals surface area (Å²) in [7, 11) is -0.812. The highest BCUT2D eigenvalue weighted by molar-refractivity contribution is 7.89. The van der Waals surface area contributed by atoms with Crippen LogP contribution in [0.25, 0.3) is 0 Å². The number of hydrogen-bond acceptors (Lipinski definition) is 6. The van der Waals surface area contributed by atoms with Crippen LogP contribution < -0.4 is 0 Å². The largest absolute Gasteiger partial charge is 0.465 e. The lowest BCUT2D eigenvalue weighted by atomic mass is 10.0. The first-order valence-electron chi connectivity index (χ1n) is 6.65. The maximum absolute atomic E-state index is 12.7. The van der Waals surface area contributed by atoms with Gasteiger partial charge in [0.2, 0.25) is 10.0 Å². The van der Waals surface area contributed by atoms with Gasteiger partial charge >= 0.3 is 5.97 Å². The van der Waals surface area contributed by atoms with Crippen molar-refractivity contribution in [2.45, 2.75) is 17.7 Å². The lowest BCUT2D eigenvalue weighted by Crippen LogP contribution is -2.41. The van der Waals surface area contributed by atoms with Gasteiger partial charge in [-0.05, 0) is 30.2 Å². The van der Waals surface area contributed by atoms with Gasteiger partial charge in [0.15, 0.2) is 0 Å². The van der Waals surface area contributed by atoms with Crippen molar-refractivity contribution in [1.29, 1.82) is 0 Å². The molecule has 1 fully saturated rings. The van der Waals surface area contributed by atoms with Gasteiger partial charge in [0.05, 0.1) is 13.7 Å². The molecule has 1 atom stereocenters. The van der Waals surface area contributed by atoms with Gasteiger partial charge in [-0.15, -0.1) is 11.3 Å². The third-order valence-corrected chi connectivity index (χ3v) is 6.43. The fourth-order valence-electron chi connectivity index (χ4n) is 2.50. The fourth-order valence-corrected chi connectivity index (χ4v) is 5.36. The number of ether oxygens (including phenoxy) is 2. The molecule has 1 aliphatic heterocycles. The summed E-state index contributed by atoms with van der Waals surface area (Å²) in [5, 5.41) is 1.59. The third-order valence-electron chi connectivity index (χ3n) is 3.50. The number of nitrogens with zero attached hydrogens (tertiary/aromatic N) is 1. The number of thiophene rings is 1. The highest BCUT2D eigenvalue weighted by Crippen LogP contribution is 2.29. The third kappa shape index (κ3) is 3.45. The smallest absolute Gasteiger partial charge is 0.349 e. The summed E-state index contributed by atoms with van der Waals surface area (Å²) in [6.45, 7) is 1.44. The van der Waals surface area contributed by atoms with Gasteiger partial charge < -0.3 is 9.47 Å². The molecule has 1 unspecified atom stereocenters. The maximum atomic E-state index is 12.7. The second kappa shape index (κ2) is 6.87. The average molecular weight is 333 g/mol. The van der Waals surface area contributed by atoms with Gasteiger partial charge in [-0.25, -0.2) is 13.2 Å². The SMILES string of the molecule is COCC1CCCN(S(=O)(=O)c2ccsc2C(=O)OC)C1. The molecule has 0 amide bonds. The lowest BCUT2D eigenvalue weighted by Gasteiger charge is -2.31. The molecule has 0 bridgehead atoms. The van der Waals surface area contributed by atoms with E-state index in [1.807, 2.05) is 0 Å². The van der Waals surface area contributed by atoms with E-state index in [1.54, 1.807) is 12.5 Å². The van der Waals surface area contributed by atoms with E-state index in [0.29, 0.717) is 19.7 Å². The van der Waals surface area contributed by atoms with Gasteiger partial charge in [0, 0.05) is 20.2 Å². The topological polar surface area (TPSA) is 72.9 Å². The number of carbonyl (C=O) groups is 1. The molecule has 0 aliphatic carbocycles. The van der Waals surface area contributed by atoms with E-state index in [0.717, 1.165) is 24.2 Å². The van der Waals surface area contributed by atoms with E-state index >= 15 is 0 Å². The zero-order chi connectivity index (χ0) is 15.5. The van der Waals surface area contributed by atoms with Crippen molar-refractivity contribution in [2.24, 2.45) is 5.92 Å². The molecule has 0 saturated carbocycles. The van der Waals surface area contributed by atoms with Gasteiger partial charge in [-0.3, -0.25) is 0 Å². The Bertz CT molecular complexity index is 593. The molecule has 1 saturated heterocycles. The van der Waals surface area contributed by atoms with Crippen LogP contribution in [0.4, 0.5) is 0 Å². The molecule has 0 radical (unpaired) electrons. The fraction of sp³-hybridized carbons (Fsp3) is 0.615. The standard InChI is InChI=1S/C13H19NO5S2/c1-18-9-10-4-3-6-14(8-10)21(16,17)11-5-7-20-12(11)13(15)19-2/h5,7,10H,3-4,6,8-9H2,1-2H3. The molecule has 1 aromatic rings. The summed E-state index contributed by atoms with van der Waals surface area (Å²) in [5.74, 6) is -0.423. The van der Waals surface area contributed by atoms with Gasteiger partial charge in [0.1, 0.15) is 9.77 Å². The second-order valence-corrected chi connectivity index (χ2v) is 7.75. The van der Waals surface area contributed by atoms with Crippen molar-refractivity contribution in [3.8, 4) is 0 Å². The highest BCUT2D eigenvalue weighted by atomic mass is 32.2. The minimum Gasteiger partial charge on any atom is -0.465 e. The summed E-state index contributed by atoms with van der Waals surface area (Å²) in [4.78, 5) is 11.8. The molecule has 21 heavy (non-hydrogen) atoms. The number of carbonyl (C=O) groups excluding carboxylic acids is 1.